The molecule has 1 aromatic heterocycles. The number of ether oxygens (including phenoxy) is 1. The smallest absolute Gasteiger partial charge is 0.220 e. The lowest BCUT2D eigenvalue weighted by molar-refractivity contribution is 0.257. The third kappa shape index (κ3) is 6.81. The fourth-order valence-electron chi connectivity index (χ4n) is 3.44. The van der Waals surface area contributed by atoms with Gasteiger partial charge in [0.25, 0.3) is 0 Å². The number of halogens is 1. The molecule has 9 nitrogen and oxygen atoms in total. The highest BCUT2D eigenvalue weighted by Gasteiger charge is 2.28. The maximum atomic E-state index is 12.6. The van der Waals surface area contributed by atoms with Crippen LogP contribution < -0.4 is 10.1 Å². The first kappa shape index (κ1) is 25.4. The van der Waals surface area contributed by atoms with Crippen LogP contribution in [0.2, 0.25) is 0 Å². The molecular weight excluding hydrogens is 533 g/mol. The van der Waals surface area contributed by atoms with Crippen LogP contribution >= 0.6 is 24.0 Å². The summed E-state index contributed by atoms with van der Waals surface area (Å²) >= 11 is 0. The fraction of sp³-hybridized carbons (Fsp3) is 0.500. The Kier molecular flexibility index (Phi) is 9.56. The van der Waals surface area contributed by atoms with Crippen LogP contribution in [-0.4, -0.2) is 75.1 Å². The molecule has 2 heterocycles. The number of benzene rings is 1. The van der Waals surface area contributed by atoms with E-state index in [0.29, 0.717) is 45.0 Å². The van der Waals surface area contributed by atoms with Crippen LogP contribution in [0.5, 0.6) is 5.75 Å². The molecule has 1 saturated heterocycles. The van der Waals surface area contributed by atoms with E-state index in [0.717, 1.165) is 22.8 Å². The van der Waals surface area contributed by atoms with Crippen LogP contribution in [0, 0.1) is 13.8 Å². The molecule has 0 aliphatic carbocycles. The van der Waals surface area contributed by atoms with Gasteiger partial charge in [-0.1, -0.05) is 23.4 Å². The number of guanidine groups is 1. The summed E-state index contributed by atoms with van der Waals surface area (Å²) in [5, 5.41) is 6.99. The predicted octanol–water partition coefficient (Wildman–Crippen LogP) is 2.01. The number of aryl methyl sites for hydroxylation is 2. The Morgan fingerprint density at radius 3 is 2.45 bits per heavy atom. The largest absolute Gasteiger partial charge is 0.491 e. The molecule has 1 aromatic carbocycles. The second-order valence-electron chi connectivity index (χ2n) is 7.18. The highest BCUT2D eigenvalue weighted by atomic mass is 127. The SMILES string of the molecule is CN=C(NCCOc1c(C)cccc1C)N1CCN(S(=O)(=O)Cc2ccon2)CC1.I. The lowest BCUT2D eigenvalue weighted by atomic mass is 10.1. The number of nitrogens with one attached hydrogen (secondary N) is 1. The number of para-hydroxylation sites is 1. The molecule has 3 rings (SSSR count). The van der Waals surface area contributed by atoms with E-state index in [2.05, 4.69) is 20.4 Å². The number of sulfonamides is 1. The number of rotatable bonds is 7. The predicted molar refractivity (Wildman–Crippen MR) is 130 cm³/mol. The summed E-state index contributed by atoms with van der Waals surface area (Å²) in [6, 6.07) is 7.65. The summed E-state index contributed by atoms with van der Waals surface area (Å²) in [6.45, 7) is 7.11. The van der Waals surface area contributed by atoms with Crippen molar-refractivity contribution in [3.8, 4) is 5.75 Å². The summed E-state index contributed by atoms with van der Waals surface area (Å²) < 4.78 is 37.3. The number of nitrogens with zero attached hydrogens (tertiary/aromatic N) is 4. The monoisotopic (exact) mass is 563 g/mol. The number of hydrogen-bond acceptors (Lipinski definition) is 6. The van der Waals surface area contributed by atoms with Gasteiger partial charge in [0.05, 0.1) is 12.2 Å². The van der Waals surface area contributed by atoms with Crippen LogP contribution in [0.25, 0.3) is 0 Å². The zero-order valence-corrected chi connectivity index (χ0v) is 21.2. The number of piperazine rings is 1. The number of aliphatic imine (C=N–C) groups is 1. The van der Waals surface area contributed by atoms with Crippen molar-refractivity contribution in [3.05, 3.63) is 47.3 Å². The van der Waals surface area contributed by atoms with Crippen LogP contribution in [0.1, 0.15) is 16.8 Å². The topological polar surface area (TPSA) is 100 Å². The summed E-state index contributed by atoms with van der Waals surface area (Å²) in [6.07, 6.45) is 1.38. The second-order valence-corrected chi connectivity index (χ2v) is 9.15. The first-order chi connectivity index (χ1) is 14.4. The lowest BCUT2D eigenvalue weighted by Crippen LogP contribution is -2.54. The van der Waals surface area contributed by atoms with Crippen LogP contribution in [0.15, 0.2) is 40.0 Å². The molecule has 0 spiro atoms. The average Bonchev–Trinajstić information content (AvgIpc) is 3.22. The van der Waals surface area contributed by atoms with E-state index in [1.165, 1.54) is 10.6 Å². The van der Waals surface area contributed by atoms with E-state index < -0.39 is 10.0 Å². The summed E-state index contributed by atoms with van der Waals surface area (Å²) in [5.41, 5.74) is 2.64. The van der Waals surface area contributed by atoms with Crippen molar-refractivity contribution >= 4 is 40.0 Å². The fourth-order valence-corrected chi connectivity index (χ4v) is 4.87. The Morgan fingerprint density at radius 2 is 1.87 bits per heavy atom. The van der Waals surface area contributed by atoms with Gasteiger partial charge in [-0.25, -0.2) is 8.42 Å². The highest BCUT2D eigenvalue weighted by Crippen LogP contribution is 2.22. The van der Waals surface area contributed by atoms with Crippen LogP contribution in [0.3, 0.4) is 0 Å². The summed E-state index contributed by atoms with van der Waals surface area (Å²) in [7, 11) is -1.69. The quantitative estimate of drug-likeness (QED) is 0.238. The molecule has 0 saturated carbocycles. The highest BCUT2D eigenvalue weighted by molar-refractivity contribution is 14.0. The van der Waals surface area contributed by atoms with Gasteiger partial charge in [-0.15, -0.1) is 24.0 Å². The lowest BCUT2D eigenvalue weighted by Gasteiger charge is -2.35. The molecule has 1 fully saturated rings. The van der Waals surface area contributed by atoms with Gasteiger partial charge in [0.15, 0.2) is 5.96 Å². The molecule has 0 bridgehead atoms. The number of aromatic nitrogens is 1. The van der Waals surface area contributed by atoms with Crippen molar-refractivity contribution in [1.82, 2.24) is 19.7 Å². The number of hydrogen-bond donors (Lipinski definition) is 1. The molecule has 0 atom stereocenters. The summed E-state index contributed by atoms with van der Waals surface area (Å²) in [5.74, 6) is 1.51. The standard InChI is InChI=1S/C20H29N5O4S.HI/c1-16-5-4-6-17(2)19(16)28-14-8-22-20(21-3)24-9-11-25(12-10-24)30(26,27)15-18-7-13-29-23-18;/h4-7,13H,8-12,14-15H2,1-3H3,(H,21,22);1H. The van der Waals surface area contributed by atoms with Crippen LogP contribution in [-0.2, 0) is 15.8 Å². The molecule has 1 N–H and O–H groups in total. The Morgan fingerprint density at radius 1 is 1.19 bits per heavy atom. The molecule has 0 radical (unpaired) electrons. The molecule has 0 unspecified atom stereocenters. The second kappa shape index (κ2) is 11.7. The van der Waals surface area contributed by atoms with Crippen molar-refractivity contribution in [2.45, 2.75) is 19.6 Å². The minimum Gasteiger partial charge on any atom is -0.491 e. The first-order valence-corrected chi connectivity index (χ1v) is 11.5. The van der Waals surface area contributed by atoms with Crippen molar-refractivity contribution < 1.29 is 17.7 Å². The molecule has 0 amide bonds. The van der Waals surface area contributed by atoms with Crippen molar-refractivity contribution in [2.24, 2.45) is 4.99 Å². The minimum absolute atomic E-state index is 0. The van der Waals surface area contributed by atoms with Gasteiger partial charge in [-0.05, 0) is 25.0 Å². The van der Waals surface area contributed by atoms with Gasteiger partial charge in [-0.2, -0.15) is 4.31 Å². The van der Waals surface area contributed by atoms with Gasteiger partial charge in [0.2, 0.25) is 10.0 Å². The van der Waals surface area contributed by atoms with E-state index in [-0.39, 0.29) is 29.7 Å². The Balaban J connectivity index is 0.00000341. The third-order valence-electron chi connectivity index (χ3n) is 5.01. The molecule has 31 heavy (non-hydrogen) atoms. The van der Waals surface area contributed by atoms with E-state index in [4.69, 9.17) is 9.26 Å². The minimum atomic E-state index is -3.42. The van der Waals surface area contributed by atoms with E-state index in [9.17, 15) is 8.42 Å². The Bertz CT molecular complexity index is 938. The molecule has 11 heteroatoms. The van der Waals surface area contributed by atoms with Gasteiger partial charge < -0.3 is 19.5 Å². The molecule has 1 aliphatic rings. The van der Waals surface area contributed by atoms with Crippen molar-refractivity contribution in [1.29, 1.82) is 0 Å². The maximum Gasteiger partial charge on any atom is 0.220 e. The van der Waals surface area contributed by atoms with E-state index in [1.54, 1.807) is 13.1 Å². The Labute approximate surface area is 200 Å². The molecule has 172 valence electrons. The van der Waals surface area contributed by atoms with Gasteiger partial charge in [0.1, 0.15) is 24.4 Å². The van der Waals surface area contributed by atoms with E-state index in [1.807, 2.05) is 32.0 Å². The Hall–Kier alpha value is -1.86. The molecular formula is C20H30IN5O4S. The normalized spacial score (nSPS) is 15.5. The maximum absolute atomic E-state index is 12.6. The zero-order valence-electron chi connectivity index (χ0n) is 18.1. The first-order valence-electron chi connectivity index (χ1n) is 9.92. The third-order valence-corrected chi connectivity index (χ3v) is 6.82. The van der Waals surface area contributed by atoms with E-state index >= 15 is 0 Å². The average molecular weight is 563 g/mol. The van der Waals surface area contributed by atoms with Crippen LogP contribution in [0.4, 0.5) is 0 Å². The van der Waals surface area contributed by atoms with Crippen molar-refractivity contribution in [3.63, 3.8) is 0 Å². The van der Waals surface area contributed by atoms with Gasteiger partial charge >= 0.3 is 0 Å². The molecule has 2 aromatic rings. The zero-order chi connectivity index (χ0) is 21.6. The summed E-state index contributed by atoms with van der Waals surface area (Å²) in [4.78, 5) is 6.38. The van der Waals surface area contributed by atoms with Gasteiger partial charge in [0, 0.05) is 39.3 Å². The van der Waals surface area contributed by atoms with Crippen molar-refractivity contribution in [2.75, 3.05) is 46.4 Å². The van der Waals surface area contributed by atoms with Gasteiger partial charge in [-0.3, -0.25) is 4.99 Å². The molecule has 1 aliphatic heterocycles.